The van der Waals surface area contributed by atoms with Gasteiger partial charge >= 0.3 is 0 Å². The molecule has 1 amide bonds. The molecule has 0 N–H and O–H groups in total. The molecule has 0 atom stereocenters. The predicted octanol–water partition coefficient (Wildman–Crippen LogP) is 4.16. The van der Waals surface area contributed by atoms with Crippen LogP contribution in [0.5, 0.6) is 5.75 Å². The molecule has 0 radical (unpaired) electrons. The lowest BCUT2D eigenvalue weighted by molar-refractivity contribution is -0.130. The monoisotopic (exact) mass is 325 g/mol. The lowest BCUT2D eigenvalue weighted by Gasteiger charge is -2.27. The highest BCUT2D eigenvalue weighted by atomic mass is 19.1. The molecule has 2 rings (SSSR count). The fourth-order valence-electron chi connectivity index (χ4n) is 3.05. The summed E-state index contributed by atoms with van der Waals surface area (Å²) in [5, 5.41) is 0. The zero-order chi connectivity index (χ0) is 16.7. The maximum Gasteiger partial charge on any atom is 0.222 e. The molecule has 1 aromatic rings. The maximum absolute atomic E-state index is 13.4. The highest BCUT2D eigenvalue weighted by molar-refractivity contribution is 5.75. The average molecular weight is 325 g/mol. The van der Waals surface area contributed by atoms with Crippen molar-refractivity contribution in [1.82, 2.24) is 4.90 Å². The van der Waals surface area contributed by atoms with Crippen molar-refractivity contribution in [1.29, 1.82) is 0 Å². The topological polar surface area (TPSA) is 29.5 Å². The molecule has 1 aromatic carbocycles. The first-order valence-corrected chi connectivity index (χ1v) is 8.38. The van der Waals surface area contributed by atoms with Gasteiger partial charge in [0.2, 0.25) is 5.91 Å². The van der Waals surface area contributed by atoms with Gasteiger partial charge in [0.1, 0.15) is 5.82 Å². The smallest absolute Gasteiger partial charge is 0.222 e. The van der Waals surface area contributed by atoms with E-state index in [1.165, 1.54) is 38.2 Å². The third-order valence-electron chi connectivity index (χ3n) is 4.37. The van der Waals surface area contributed by atoms with Crippen molar-refractivity contribution in [2.24, 2.45) is 5.92 Å². The molecular formula is C18H25F2NO2. The summed E-state index contributed by atoms with van der Waals surface area (Å²) in [6.07, 6.45) is 7.17. The molecule has 0 saturated heterocycles. The molecule has 128 valence electrons. The van der Waals surface area contributed by atoms with Gasteiger partial charge in [-0.05, 0) is 37.3 Å². The highest BCUT2D eigenvalue weighted by Gasteiger charge is 2.18. The average Bonchev–Trinajstić information content (AvgIpc) is 2.54. The van der Waals surface area contributed by atoms with E-state index in [2.05, 4.69) is 0 Å². The van der Waals surface area contributed by atoms with Gasteiger partial charge in [0.15, 0.2) is 11.6 Å². The molecule has 1 saturated carbocycles. The third-order valence-corrected chi connectivity index (χ3v) is 4.37. The van der Waals surface area contributed by atoms with Gasteiger partial charge in [-0.15, -0.1) is 0 Å². The number of nitrogens with zero attached hydrogens (tertiary/aromatic N) is 1. The van der Waals surface area contributed by atoms with Crippen LogP contribution in [0.3, 0.4) is 0 Å². The lowest BCUT2D eigenvalue weighted by Crippen LogP contribution is -2.32. The van der Waals surface area contributed by atoms with E-state index < -0.39 is 11.6 Å². The number of benzene rings is 1. The number of ether oxygens (including phenoxy) is 1. The first-order chi connectivity index (χ1) is 11.1. The molecular weight excluding hydrogens is 300 g/mol. The minimum Gasteiger partial charge on any atom is -0.491 e. The van der Waals surface area contributed by atoms with E-state index >= 15 is 0 Å². The molecule has 1 aliphatic carbocycles. The van der Waals surface area contributed by atoms with Gasteiger partial charge in [0.05, 0.1) is 6.61 Å². The van der Waals surface area contributed by atoms with Crippen molar-refractivity contribution < 1.29 is 18.3 Å². The first kappa shape index (κ1) is 17.7. The molecule has 1 fully saturated rings. The van der Waals surface area contributed by atoms with Crippen molar-refractivity contribution in [2.75, 3.05) is 20.2 Å². The lowest BCUT2D eigenvalue weighted by atomic mass is 9.89. The van der Waals surface area contributed by atoms with Crippen LogP contribution in [0.1, 0.15) is 44.9 Å². The molecule has 5 heteroatoms. The second-order valence-corrected chi connectivity index (χ2v) is 6.31. The van der Waals surface area contributed by atoms with E-state index in [0.717, 1.165) is 18.7 Å². The van der Waals surface area contributed by atoms with Crippen LogP contribution < -0.4 is 4.74 Å². The van der Waals surface area contributed by atoms with Gasteiger partial charge in [0, 0.05) is 26.1 Å². The minimum absolute atomic E-state index is 0.0226. The van der Waals surface area contributed by atoms with Gasteiger partial charge in [-0.3, -0.25) is 4.79 Å². The van der Waals surface area contributed by atoms with Gasteiger partial charge in [0.25, 0.3) is 0 Å². The van der Waals surface area contributed by atoms with Crippen LogP contribution in [0.2, 0.25) is 0 Å². The zero-order valence-corrected chi connectivity index (χ0v) is 13.7. The Morgan fingerprint density at radius 2 is 2.00 bits per heavy atom. The zero-order valence-electron chi connectivity index (χ0n) is 13.7. The molecule has 0 unspecified atom stereocenters. The second-order valence-electron chi connectivity index (χ2n) is 6.31. The Morgan fingerprint density at radius 3 is 2.70 bits per heavy atom. The molecule has 0 bridgehead atoms. The minimum atomic E-state index is -0.717. The highest BCUT2D eigenvalue weighted by Crippen LogP contribution is 2.24. The number of rotatable bonds is 7. The number of amides is 1. The van der Waals surface area contributed by atoms with E-state index in [9.17, 15) is 13.6 Å². The van der Waals surface area contributed by atoms with Crippen LogP contribution in [-0.2, 0) is 4.79 Å². The SMILES string of the molecule is CN(CC1CCCCC1)C(=O)CCCOc1ccc(F)cc1F. The van der Waals surface area contributed by atoms with Gasteiger partial charge in [-0.25, -0.2) is 8.78 Å². The maximum atomic E-state index is 13.4. The summed E-state index contributed by atoms with van der Waals surface area (Å²) >= 11 is 0. The molecule has 3 nitrogen and oxygen atoms in total. The summed E-state index contributed by atoms with van der Waals surface area (Å²) in [5.41, 5.74) is 0. The number of carbonyl (C=O) groups excluding carboxylic acids is 1. The number of halogens is 2. The Balaban J connectivity index is 1.65. The molecule has 0 heterocycles. The fourth-order valence-corrected chi connectivity index (χ4v) is 3.05. The van der Waals surface area contributed by atoms with Crippen LogP contribution in [0.15, 0.2) is 18.2 Å². The number of carbonyl (C=O) groups is 1. The summed E-state index contributed by atoms with van der Waals surface area (Å²) in [4.78, 5) is 13.9. The summed E-state index contributed by atoms with van der Waals surface area (Å²) in [5.74, 6) is -0.601. The third kappa shape index (κ3) is 5.81. The van der Waals surface area contributed by atoms with E-state index in [4.69, 9.17) is 4.74 Å². The summed E-state index contributed by atoms with van der Waals surface area (Å²) in [6, 6.07) is 3.21. The van der Waals surface area contributed by atoms with Gasteiger partial charge in [-0.2, -0.15) is 0 Å². The van der Waals surface area contributed by atoms with E-state index in [1.807, 2.05) is 7.05 Å². The Kier molecular flexibility index (Phi) is 6.81. The number of hydrogen-bond donors (Lipinski definition) is 0. The first-order valence-electron chi connectivity index (χ1n) is 8.38. The Hall–Kier alpha value is -1.65. The summed E-state index contributed by atoms with van der Waals surface area (Å²) < 4.78 is 31.4. The Morgan fingerprint density at radius 1 is 1.26 bits per heavy atom. The Labute approximate surface area is 136 Å². The molecule has 1 aliphatic rings. The standard InChI is InChI=1S/C18H25F2NO2/c1-21(13-14-6-3-2-4-7-14)18(22)8-5-11-23-17-10-9-15(19)12-16(17)20/h9-10,12,14H,2-8,11,13H2,1H3. The van der Waals surface area contributed by atoms with Crippen molar-refractivity contribution in [3.8, 4) is 5.75 Å². The fraction of sp³-hybridized carbons (Fsp3) is 0.611. The van der Waals surface area contributed by atoms with Crippen LogP contribution in [0, 0.1) is 17.6 Å². The normalized spacial score (nSPS) is 15.4. The quantitative estimate of drug-likeness (QED) is 0.704. The van der Waals surface area contributed by atoms with Gasteiger partial charge in [-0.1, -0.05) is 19.3 Å². The van der Waals surface area contributed by atoms with E-state index in [0.29, 0.717) is 18.8 Å². The van der Waals surface area contributed by atoms with Crippen molar-refractivity contribution in [3.63, 3.8) is 0 Å². The molecule has 0 spiro atoms. The van der Waals surface area contributed by atoms with Gasteiger partial charge < -0.3 is 9.64 Å². The van der Waals surface area contributed by atoms with Crippen LogP contribution >= 0.6 is 0 Å². The summed E-state index contributed by atoms with van der Waals surface area (Å²) in [7, 11) is 1.84. The molecule has 0 aromatic heterocycles. The van der Waals surface area contributed by atoms with Crippen LogP contribution in [-0.4, -0.2) is 31.0 Å². The van der Waals surface area contributed by atoms with Crippen molar-refractivity contribution in [3.05, 3.63) is 29.8 Å². The van der Waals surface area contributed by atoms with Crippen LogP contribution in [0.4, 0.5) is 8.78 Å². The molecule has 23 heavy (non-hydrogen) atoms. The molecule has 0 aliphatic heterocycles. The van der Waals surface area contributed by atoms with Crippen molar-refractivity contribution >= 4 is 5.91 Å². The second kappa shape index (κ2) is 8.85. The van der Waals surface area contributed by atoms with E-state index in [1.54, 1.807) is 4.90 Å². The summed E-state index contributed by atoms with van der Waals surface area (Å²) in [6.45, 7) is 1.07. The Bertz CT molecular complexity index is 516. The van der Waals surface area contributed by atoms with Crippen molar-refractivity contribution in [2.45, 2.75) is 44.9 Å². The van der Waals surface area contributed by atoms with Crippen LogP contribution in [0.25, 0.3) is 0 Å². The van der Waals surface area contributed by atoms with E-state index in [-0.39, 0.29) is 18.3 Å². The predicted molar refractivity (Wildman–Crippen MR) is 85.3 cm³/mol. The number of hydrogen-bond acceptors (Lipinski definition) is 2. The largest absolute Gasteiger partial charge is 0.491 e.